The van der Waals surface area contributed by atoms with Gasteiger partial charge >= 0.3 is 0 Å². The topological polar surface area (TPSA) is 54.3 Å². The summed E-state index contributed by atoms with van der Waals surface area (Å²) in [5.74, 6) is 0.308. The van der Waals surface area contributed by atoms with E-state index in [-0.39, 0.29) is 12.5 Å². The van der Waals surface area contributed by atoms with Crippen LogP contribution >= 0.6 is 0 Å². The number of nitrogens with zero attached hydrogens (tertiary/aromatic N) is 1. The molecule has 4 heteroatoms. The van der Waals surface area contributed by atoms with E-state index in [0.717, 1.165) is 12.1 Å². The Morgan fingerprint density at radius 1 is 1.61 bits per heavy atom. The number of aromatic nitrogens is 1. The second-order valence-corrected chi connectivity index (χ2v) is 5.21. The summed E-state index contributed by atoms with van der Waals surface area (Å²) in [4.78, 5) is 12.1. The first kappa shape index (κ1) is 13.1. The van der Waals surface area contributed by atoms with Crippen molar-refractivity contribution in [1.82, 2.24) is 9.88 Å². The first-order chi connectivity index (χ1) is 8.72. The lowest BCUT2D eigenvalue weighted by Gasteiger charge is -2.28. The maximum Gasteiger partial charge on any atom is 0.267 e. The number of hydrogen-bond donors (Lipinski definition) is 2. The highest BCUT2D eigenvalue weighted by Crippen LogP contribution is 2.32. The summed E-state index contributed by atoms with van der Waals surface area (Å²) in [5.41, 5.74) is 0.760. The lowest BCUT2D eigenvalue weighted by atomic mass is 9.93. The van der Waals surface area contributed by atoms with Crippen molar-refractivity contribution in [3.63, 3.8) is 0 Å². The standard InChI is InChI=1S/C14H22N2O2/c1-11(7-9-17)10-15-14(18)13-6-3-8-16(13)12-4-2-5-12/h3,6,8,11-12,17H,2,4-5,7,9-10H2,1H3,(H,15,18). The first-order valence-corrected chi connectivity index (χ1v) is 6.78. The lowest BCUT2D eigenvalue weighted by Crippen LogP contribution is -2.31. The normalized spacial score (nSPS) is 17.2. The summed E-state index contributed by atoms with van der Waals surface area (Å²) in [7, 11) is 0. The quantitative estimate of drug-likeness (QED) is 0.811. The summed E-state index contributed by atoms with van der Waals surface area (Å²) in [5, 5.41) is 11.8. The number of hydrogen-bond acceptors (Lipinski definition) is 2. The lowest BCUT2D eigenvalue weighted by molar-refractivity contribution is 0.0930. The molecule has 1 aliphatic rings. The number of rotatable bonds is 6. The molecule has 100 valence electrons. The minimum Gasteiger partial charge on any atom is -0.396 e. The van der Waals surface area contributed by atoms with E-state index < -0.39 is 0 Å². The minimum atomic E-state index is -0.00307. The maximum atomic E-state index is 12.1. The Morgan fingerprint density at radius 3 is 3.00 bits per heavy atom. The third-order valence-corrected chi connectivity index (χ3v) is 3.71. The van der Waals surface area contributed by atoms with Gasteiger partial charge in [0.1, 0.15) is 5.69 Å². The van der Waals surface area contributed by atoms with Gasteiger partial charge in [0.05, 0.1) is 0 Å². The molecule has 0 radical (unpaired) electrons. The molecule has 18 heavy (non-hydrogen) atoms. The first-order valence-electron chi connectivity index (χ1n) is 6.78. The molecule has 1 aromatic rings. The third-order valence-electron chi connectivity index (χ3n) is 3.71. The van der Waals surface area contributed by atoms with E-state index in [1.54, 1.807) is 0 Å². The zero-order valence-electron chi connectivity index (χ0n) is 10.9. The largest absolute Gasteiger partial charge is 0.396 e. The van der Waals surface area contributed by atoms with Crippen LogP contribution in [0.5, 0.6) is 0 Å². The summed E-state index contributed by atoms with van der Waals surface area (Å²) in [6.07, 6.45) is 6.34. The molecule has 1 heterocycles. The summed E-state index contributed by atoms with van der Waals surface area (Å²) >= 11 is 0. The van der Waals surface area contributed by atoms with Crippen molar-refractivity contribution in [1.29, 1.82) is 0 Å². The molecule has 1 fully saturated rings. The van der Waals surface area contributed by atoms with Crippen molar-refractivity contribution in [2.75, 3.05) is 13.2 Å². The minimum absolute atomic E-state index is 0.00307. The van der Waals surface area contributed by atoms with Gasteiger partial charge in [0.25, 0.3) is 5.91 Å². The number of carbonyl (C=O) groups excluding carboxylic acids is 1. The molecular weight excluding hydrogens is 228 g/mol. The zero-order chi connectivity index (χ0) is 13.0. The van der Waals surface area contributed by atoms with Crippen LogP contribution in [0.15, 0.2) is 18.3 Å². The van der Waals surface area contributed by atoms with Gasteiger partial charge in [0.15, 0.2) is 0 Å². The van der Waals surface area contributed by atoms with Gasteiger partial charge in [-0.1, -0.05) is 6.92 Å². The Balaban J connectivity index is 1.90. The Morgan fingerprint density at radius 2 is 2.39 bits per heavy atom. The molecule has 1 atom stereocenters. The molecule has 1 aromatic heterocycles. The van der Waals surface area contributed by atoms with Crippen LogP contribution in [0.1, 0.15) is 49.1 Å². The predicted octanol–water partition coefficient (Wildman–Crippen LogP) is 1.96. The number of amides is 1. The average Bonchev–Trinajstić information content (AvgIpc) is 2.73. The molecule has 1 saturated carbocycles. The average molecular weight is 250 g/mol. The summed E-state index contributed by atoms with van der Waals surface area (Å²) in [6, 6.07) is 4.32. The van der Waals surface area contributed by atoms with E-state index in [1.807, 2.05) is 25.3 Å². The fourth-order valence-corrected chi connectivity index (χ4v) is 2.25. The predicted molar refractivity (Wildman–Crippen MR) is 70.5 cm³/mol. The number of nitrogens with one attached hydrogen (secondary N) is 1. The van der Waals surface area contributed by atoms with Crippen molar-refractivity contribution < 1.29 is 9.90 Å². The fraction of sp³-hybridized carbons (Fsp3) is 0.643. The van der Waals surface area contributed by atoms with Crippen LogP contribution in [-0.2, 0) is 0 Å². The van der Waals surface area contributed by atoms with Crippen LogP contribution in [0.4, 0.5) is 0 Å². The van der Waals surface area contributed by atoms with Gasteiger partial charge in [0.2, 0.25) is 0 Å². The molecule has 0 bridgehead atoms. The highest BCUT2D eigenvalue weighted by atomic mass is 16.3. The number of aliphatic hydroxyl groups excluding tert-OH is 1. The monoisotopic (exact) mass is 250 g/mol. The summed E-state index contributed by atoms with van der Waals surface area (Å²) < 4.78 is 2.09. The van der Waals surface area contributed by atoms with E-state index in [9.17, 15) is 4.79 Å². The van der Waals surface area contributed by atoms with Crippen LogP contribution < -0.4 is 5.32 Å². The van der Waals surface area contributed by atoms with Gasteiger partial charge in [0, 0.05) is 25.4 Å². The van der Waals surface area contributed by atoms with E-state index >= 15 is 0 Å². The van der Waals surface area contributed by atoms with Gasteiger partial charge in [-0.2, -0.15) is 0 Å². The van der Waals surface area contributed by atoms with Crippen molar-refractivity contribution in [2.24, 2.45) is 5.92 Å². The Bertz CT molecular complexity index is 396. The van der Waals surface area contributed by atoms with Gasteiger partial charge in [-0.15, -0.1) is 0 Å². The van der Waals surface area contributed by atoms with E-state index in [0.29, 0.717) is 18.5 Å². The Kier molecular flexibility index (Phi) is 4.42. The van der Waals surface area contributed by atoms with Gasteiger partial charge < -0.3 is 15.0 Å². The van der Waals surface area contributed by atoms with E-state index in [2.05, 4.69) is 9.88 Å². The van der Waals surface area contributed by atoms with Gasteiger partial charge in [-0.3, -0.25) is 4.79 Å². The maximum absolute atomic E-state index is 12.1. The van der Waals surface area contributed by atoms with Crippen LogP contribution in [-0.4, -0.2) is 28.7 Å². The van der Waals surface area contributed by atoms with E-state index in [4.69, 9.17) is 5.11 Å². The fourth-order valence-electron chi connectivity index (χ4n) is 2.25. The third kappa shape index (κ3) is 2.93. The molecule has 1 aliphatic carbocycles. The molecule has 2 rings (SSSR count). The molecule has 1 unspecified atom stereocenters. The number of aliphatic hydroxyl groups is 1. The van der Waals surface area contributed by atoms with Gasteiger partial charge in [-0.05, 0) is 43.7 Å². The molecule has 0 aromatic carbocycles. The molecule has 0 spiro atoms. The highest BCUT2D eigenvalue weighted by molar-refractivity contribution is 5.92. The van der Waals surface area contributed by atoms with Crippen LogP contribution in [0, 0.1) is 5.92 Å². The smallest absolute Gasteiger partial charge is 0.267 e. The van der Waals surface area contributed by atoms with Crippen LogP contribution in [0.2, 0.25) is 0 Å². The van der Waals surface area contributed by atoms with Crippen molar-refractivity contribution in [2.45, 2.75) is 38.6 Å². The van der Waals surface area contributed by atoms with Crippen molar-refractivity contribution in [3.8, 4) is 0 Å². The SMILES string of the molecule is CC(CCO)CNC(=O)c1cccn1C1CCC1. The Labute approximate surface area is 108 Å². The molecule has 0 aliphatic heterocycles. The summed E-state index contributed by atoms with van der Waals surface area (Å²) in [6.45, 7) is 2.83. The van der Waals surface area contributed by atoms with Crippen LogP contribution in [0.25, 0.3) is 0 Å². The van der Waals surface area contributed by atoms with Crippen molar-refractivity contribution in [3.05, 3.63) is 24.0 Å². The van der Waals surface area contributed by atoms with Crippen LogP contribution in [0.3, 0.4) is 0 Å². The second kappa shape index (κ2) is 6.05. The molecule has 2 N–H and O–H groups in total. The Hall–Kier alpha value is -1.29. The van der Waals surface area contributed by atoms with E-state index in [1.165, 1.54) is 19.3 Å². The molecular formula is C14H22N2O2. The highest BCUT2D eigenvalue weighted by Gasteiger charge is 2.23. The van der Waals surface area contributed by atoms with Crippen molar-refractivity contribution >= 4 is 5.91 Å². The molecule has 1 amide bonds. The zero-order valence-corrected chi connectivity index (χ0v) is 10.9. The second-order valence-electron chi connectivity index (χ2n) is 5.21. The molecule has 0 saturated heterocycles. The molecule has 4 nitrogen and oxygen atoms in total. The van der Waals surface area contributed by atoms with Gasteiger partial charge in [-0.25, -0.2) is 0 Å². The number of carbonyl (C=O) groups is 1.